The molecule has 3 aromatic rings. The van der Waals surface area contributed by atoms with E-state index in [1.54, 1.807) is 13.2 Å². The lowest BCUT2D eigenvalue weighted by molar-refractivity contribution is -0.113. The average molecular weight is 448 g/mol. The summed E-state index contributed by atoms with van der Waals surface area (Å²) in [5, 5.41) is 11.5. The zero-order chi connectivity index (χ0) is 22.4. The summed E-state index contributed by atoms with van der Waals surface area (Å²) in [5.41, 5.74) is 0.183. The van der Waals surface area contributed by atoms with Crippen molar-refractivity contribution in [1.82, 2.24) is 14.8 Å². The van der Waals surface area contributed by atoms with Crippen LogP contribution in [0.3, 0.4) is 0 Å². The highest BCUT2D eigenvalue weighted by molar-refractivity contribution is 7.99. The zero-order valence-corrected chi connectivity index (χ0v) is 18.1. The van der Waals surface area contributed by atoms with Gasteiger partial charge in [-0.3, -0.25) is 4.79 Å². The van der Waals surface area contributed by atoms with Crippen LogP contribution in [0.25, 0.3) is 0 Å². The molecule has 7 nitrogen and oxygen atoms in total. The van der Waals surface area contributed by atoms with E-state index in [1.165, 1.54) is 17.8 Å². The lowest BCUT2D eigenvalue weighted by atomic mass is 10.3. The highest BCUT2D eigenvalue weighted by Gasteiger charge is 2.20. The Balaban J connectivity index is 1.63. The fourth-order valence-electron chi connectivity index (χ4n) is 2.84. The van der Waals surface area contributed by atoms with Gasteiger partial charge in [0.1, 0.15) is 11.5 Å². The number of hydrogen-bond donors (Lipinski definition) is 1. The number of nitrogens with zero attached hydrogens (tertiary/aromatic N) is 3. The number of carbonyl (C=O) groups excluding carboxylic acids is 1. The van der Waals surface area contributed by atoms with Gasteiger partial charge in [-0.05, 0) is 38.1 Å². The number of hydrogen-bond acceptors (Lipinski definition) is 6. The van der Waals surface area contributed by atoms with Crippen LogP contribution in [0.2, 0.25) is 0 Å². The Labute approximate surface area is 182 Å². The van der Waals surface area contributed by atoms with Crippen LogP contribution in [0.15, 0.2) is 47.6 Å². The molecule has 1 heterocycles. The summed E-state index contributed by atoms with van der Waals surface area (Å²) in [7, 11) is 1.59. The monoisotopic (exact) mass is 448 g/mol. The van der Waals surface area contributed by atoms with E-state index >= 15 is 0 Å². The third-order valence-electron chi connectivity index (χ3n) is 4.32. The fraction of sp³-hybridized carbons (Fsp3) is 0.286. The van der Waals surface area contributed by atoms with Crippen molar-refractivity contribution in [3.05, 3.63) is 59.9 Å². The molecule has 164 valence electrons. The van der Waals surface area contributed by atoms with Crippen LogP contribution in [0.1, 0.15) is 25.8 Å². The Morgan fingerprint density at radius 1 is 1.16 bits per heavy atom. The second-order valence-electron chi connectivity index (χ2n) is 6.49. The van der Waals surface area contributed by atoms with Crippen LogP contribution < -0.4 is 14.8 Å². The maximum absolute atomic E-state index is 13.3. The van der Waals surface area contributed by atoms with Crippen molar-refractivity contribution in [3.63, 3.8) is 0 Å². The van der Waals surface area contributed by atoms with Gasteiger partial charge in [0.05, 0.1) is 12.9 Å². The summed E-state index contributed by atoms with van der Waals surface area (Å²) in [5.74, 6) is -0.394. The van der Waals surface area contributed by atoms with E-state index in [-0.39, 0.29) is 23.5 Å². The summed E-state index contributed by atoms with van der Waals surface area (Å²) < 4.78 is 39.3. The van der Waals surface area contributed by atoms with Crippen molar-refractivity contribution in [2.75, 3.05) is 18.2 Å². The summed E-state index contributed by atoms with van der Waals surface area (Å²) in [4.78, 5) is 12.2. The first-order valence-corrected chi connectivity index (χ1v) is 10.5. The largest absolute Gasteiger partial charge is 0.497 e. The molecule has 1 aromatic heterocycles. The zero-order valence-electron chi connectivity index (χ0n) is 17.3. The third-order valence-corrected chi connectivity index (χ3v) is 5.28. The molecule has 1 amide bonds. The van der Waals surface area contributed by atoms with Gasteiger partial charge in [0, 0.05) is 24.4 Å². The Morgan fingerprint density at radius 2 is 1.94 bits per heavy atom. The topological polar surface area (TPSA) is 78.3 Å². The van der Waals surface area contributed by atoms with Crippen LogP contribution >= 0.6 is 11.8 Å². The summed E-state index contributed by atoms with van der Waals surface area (Å²) in [6.45, 7) is 4.39. The van der Waals surface area contributed by atoms with Crippen LogP contribution in [0.4, 0.5) is 14.5 Å². The number of aromatic nitrogens is 3. The number of thioether (sulfide) groups is 1. The van der Waals surface area contributed by atoms with Crippen molar-refractivity contribution in [1.29, 1.82) is 0 Å². The molecule has 0 aliphatic carbocycles. The number of halogens is 2. The third kappa shape index (κ3) is 5.72. The van der Waals surface area contributed by atoms with Crippen molar-refractivity contribution >= 4 is 23.4 Å². The van der Waals surface area contributed by atoms with Crippen LogP contribution in [-0.4, -0.2) is 33.5 Å². The van der Waals surface area contributed by atoms with E-state index in [0.717, 1.165) is 12.1 Å². The van der Waals surface area contributed by atoms with Gasteiger partial charge in [-0.25, -0.2) is 8.78 Å². The maximum atomic E-state index is 13.3. The highest BCUT2D eigenvalue weighted by Crippen LogP contribution is 2.27. The van der Waals surface area contributed by atoms with Crippen molar-refractivity contribution < 1.29 is 23.0 Å². The van der Waals surface area contributed by atoms with E-state index in [1.807, 2.05) is 36.6 Å². The first kappa shape index (κ1) is 22.5. The Kier molecular flexibility index (Phi) is 7.45. The van der Waals surface area contributed by atoms with Gasteiger partial charge in [0.2, 0.25) is 5.91 Å². The average Bonchev–Trinajstić information content (AvgIpc) is 3.18. The molecule has 0 aliphatic rings. The standard InChI is InChI=1S/C21H22F2N4O3S/c1-4-27-20(13(2)30-16-7-5-6-15(11-16)29-3)25-26-21(27)31-12-19(28)24-14-8-9-17(22)18(23)10-14/h5-11,13H,4,12H2,1-3H3,(H,24,28). The number of ether oxygens (including phenoxy) is 2. The molecule has 2 aromatic carbocycles. The van der Waals surface area contributed by atoms with Crippen molar-refractivity contribution in [3.8, 4) is 11.5 Å². The lowest BCUT2D eigenvalue weighted by Gasteiger charge is -2.16. The van der Waals surface area contributed by atoms with E-state index in [2.05, 4.69) is 15.5 Å². The molecule has 0 aliphatic heterocycles. The number of rotatable bonds is 9. The molecule has 1 N–H and O–H groups in total. The minimum absolute atomic E-state index is 0.0300. The number of nitrogens with one attached hydrogen (secondary N) is 1. The van der Waals surface area contributed by atoms with Gasteiger partial charge in [-0.15, -0.1) is 10.2 Å². The molecular weight excluding hydrogens is 426 g/mol. The number of amides is 1. The summed E-state index contributed by atoms with van der Waals surface area (Å²) >= 11 is 1.19. The van der Waals surface area contributed by atoms with Crippen LogP contribution in [-0.2, 0) is 11.3 Å². The predicted molar refractivity (Wildman–Crippen MR) is 113 cm³/mol. The molecule has 0 saturated heterocycles. The minimum Gasteiger partial charge on any atom is -0.497 e. The Hall–Kier alpha value is -3.14. The Bertz CT molecular complexity index is 1060. The molecule has 0 bridgehead atoms. The first-order valence-electron chi connectivity index (χ1n) is 9.52. The molecule has 0 radical (unpaired) electrons. The molecule has 31 heavy (non-hydrogen) atoms. The molecular formula is C21H22F2N4O3S. The Morgan fingerprint density at radius 3 is 2.65 bits per heavy atom. The quantitative estimate of drug-likeness (QED) is 0.487. The number of carbonyl (C=O) groups is 1. The van der Waals surface area contributed by atoms with Gasteiger partial charge in [0.25, 0.3) is 0 Å². The molecule has 1 unspecified atom stereocenters. The van der Waals surface area contributed by atoms with E-state index < -0.39 is 11.6 Å². The van der Waals surface area contributed by atoms with E-state index in [9.17, 15) is 13.6 Å². The second-order valence-corrected chi connectivity index (χ2v) is 7.43. The predicted octanol–water partition coefficient (Wildman–Crippen LogP) is 4.46. The first-order chi connectivity index (χ1) is 14.9. The van der Waals surface area contributed by atoms with Gasteiger partial charge in [-0.1, -0.05) is 17.8 Å². The maximum Gasteiger partial charge on any atom is 0.234 e. The molecule has 3 rings (SSSR count). The fourth-order valence-corrected chi connectivity index (χ4v) is 3.65. The number of methoxy groups -OCH3 is 1. The van der Waals surface area contributed by atoms with Gasteiger partial charge in [-0.2, -0.15) is 0 Å². The second kappa shape index (κ2) is 10.3. The summed E-state index contributed by atoms with van der Waals surface area (Å²) in [6, 6.07) is 10.4. The summed E-state index contributed by atoms with van der Waals surface area (Å²) in [6.07, 6.45) is -0.384. The molecule has 0 fully saturated rings. The molecule has 0 saturated carbocycles. The van der Waals surface area contributed by atoms with Gasteiger partial charge < -0.3 is 19.4 Å². The minimum atomic E-state index is -1.02. The van der Waals surface area contributed by atoms with Gasteiger partial charge >= 0.3 is 0 Å². The van der Waals surface area contributed by atoms with Gasteiger partial charge in [0.15, 0.2) is 28.7 Å². The van der Waals surface area contributed by atoms with E-state index in [0.29, 0.717) is 29.0 Å². The van der Waals surface area contributed by atoms with Crippen molar-refractivity contribution in [2.45, 2.75) is 31.7 Å². The normalized spacial score (nSPS) is 11.8. The number of benzene rings is 2. The number of anilines is 1. The highest BCUT2D eigenvalue weighted by atomic mass is 32.2. The van der Waals surface area contributed by atoms with Crippen LogP contribution in [0.5, 0.6) is 11.5 Å². The smallest absolute Gasteiger partial charge is 0.234 e. The van der Waals surface area contributed by atoms with E-state index in [4.69, 9.17) is 9.47 Å². The lowest BCUT2D eigenvalue weighted by Crippen LogP contribution is -2.15. The molecule has 10 heteroatoms. The molecule has 0 spiro atoms. The van der Waals surface area contributed by atoms with Crippen molar-refractivity contribution in [2.24, 2.45) is 0 Å². The SMILES string of the molecule is CCn1c(SCC(=O)Nc2ccc(F)c(F)c2)nnc1C(C)Oc1cccc(OC)c1. The van der Waals surface area contributed by atoms with Crippen LogP contribution in [0, 0.1) is 11.6 Å². The molecule has 1 atom stereocenters.